The van der Waals surface area contributed by atoms with E-state index in [1.165, 1.54) is 24.0 Å². The molecule has 1 aromatic carbocycles. The Labute approximate surface area is 122 Å². The number of hydrogen-bond acceptors (Lipinski definition) is 2. The van der Waals surface area contributed by atoms with Crippen LogP contribution in [0.15, 0.2) is 16.6 Å². The number of benzene rings is 1. The molecule has 0 aromatic heterocycles. The quantitative estimate of drug-likeness (QED) is 0.833. The highest BCUT2D eigenvalue weighted by atomic mass is 79.9. The number of halogens is 1. The Hall–Kier alpha value is -0.610. The molecule has 0 bridgehead atoms. The molecule has 0 unspecified atom stereocenters. The highest BCUT2D eigenvalue weighted by Gasteiger charge is 2.43. The van der Waals surface area contributed by atoms with Crippen molar-refractivity contribution in [3.8, 4) is 5.75 Å². The van der Waals surface area contributed by atoms with E-state index in [-0.39, 0.29) is 5.41 Å². The third kappa shape index (κ3) is 3.23. The molecule has 0 amide bonds. The average Bonchev–Trinajstić information content (AvgIpc) is 3.02. The molecular weight excluding hydrogens is 310 g/mol. The van der Waals surface area contributed by atoms with Crippen molar-refractivity contribution >= 4 is 33.1 Å². The number of thiocarbonyl (C=S) groups is 1. The SMILES string of the molecule is Cc1cc(OCC2(CC(N)=S)CC2)cc(C)c1Br. The lowest BCUT2D eigenvalue weighted by Crippen LogP contribution is -2.21. The third-order valence-corrected chi connectivity index (χ3v) is 4.86. The van der Waals surface area contributed by atoms with E-state index in [9.17, 15) is 0 Å². The summed E-state index contributed by atoms with van der Waals surface area (Å²) in [6.07, 6.45) is 3.13. The van der Waals surface area contributed by atoms with Crippen LogP contribution in [0.25, 0.3) is 0 Å². The number of rotatable bonds is 5. The molecular formula is C14H18BrNOS. The van der Waals surface area contributed by atoms with E-state index < -0.39 is 0 Å². The first kappa shape index (κ1) is 13.8. The molecule has 18 heavy (non-hydrogen) atoms. The smallest absolute Gasteiger partial charge is 0.119 e. The highest BCUT2D eigenvalue weighted by Crippen LogP contribution is 2.49. The van der Waals surface area contributed by atoms with Crippen LogP contribution in [0.3, 0.4) is 0 Å². The minimum atomic E-state index is 0.209. The topological polar surface area (TPSA) is 35.2 Å². The normalized spacial score (nSPS) is 16.4. The van der Waals surface area contributed by atoms with Gasteiger partial charge in [0.25, 0.3) is 0 Å². The number of nitrogens with two attached hydrogens (primary N) is 1. The Bertz CT molecular complexity index is 460. The van der Waals surface area contributed by atoms with Gasteiger partial charge in [-0.25, -0.2) is 0 Å². The molecule has 1 aliphatic carbocycles. The zero-order chi connectivity index (χ0) is 13.3. The molecule has 0 heterocycles. The predicted molar refractivity (Wildman–Crippen MR) is 82.2 cm³/mol. The Morgan fingerprint density at radius 2 is 1.94 bits per heavy atom. The zero-order valence-corrected chi connectivity index (χ0v) is 13.2. The summed E-state index contributed by atoms with van der Waals surface area (Å²) in [4.78, 5) is 0.597. The van der Waals surface area contributed by atoms with E-state index in [4.69, 9.17) is 22.7 Å². The molecule has 1 aromatic rings. The fourth-order valence-corrected chi connectivity index (χ4v) is 2.68. The summed E-state index contributed by atoms with van der Waals surface area (Å²) in [6.45, 7) is 4.86. The van der Waals surface area contributed by atoms with Gasteiger partial charge in [-0.15, -0.1) is 0 Å². The number of aryl methyl sites for hydroxylation is 2. The van der Waals surface area contributed by atoms with Crippen LogP contribution in [0.5, 0.6) is 5.75 Å². The zero-order valence-electron chi connectivity index (χ0n) is 10.8. The lowest BCUT2D eigenvalue weighted by molar-refractivity contribution is 0.239. The largest absolute Gasteiger partial charge is 0.493 e. The van der Waals surface area contributed by atoms with E-state index in [1.54, 1.807) is 0 Å². The minimum Gasteiger partial charge on any atom is -0.493 e. The second-order valence-corrected chi connectivity index (χ2v) is 6.62. The summed E-state index contributed by atoms with van der Waals surface area (Å²) in [5.74, 6) is 0.933. The van der Waals surface area contributed by atoms with Gasteiger partial charge in [0, 0.05) is 16.3 Å². The van der Waals surface area contributed by atoms with Gasteiger partial charge in [0.1, 0.15) is 5.75 Å². The van der Waals surface area contributed by atoms with Gasteiger partial charge >= 0.3 is 0 Å². The van der Waals surface area contributed by atoms with Crippen molar-refractivity contribution in [2.45, 2.75) is 33.1 Å². The molecule has 2 rings (SSSR count). The van der Waals surface area contributed by atoms with Gasteiger partial charge in [-0.2, -0.15) is 0 Å². The molecule has 1 fully saturated rings. The fraction of sp³-hybridized carbons (Fsp3) is 0.500. The molecule has 0 spiro atoms. The van der Waals surface area contributed by atoms with E-state index in [2.05, 4.69) is 41.9 Å². The van der Waals surface area contributed by atoms with Gasteiger partial charge < -0.3 is 10.5 Å². The first-order valence-electron chi connectivity index (χ1n) is 6.10. The Balaban J connectivity index is 2.01. The van der Waals surface area contributed by atoms with Crippen molar-refractivity contribution in [2.24, 2.45) is 11.1 Å². The van der Waals surface area contributed by atoms with Crippen molar-refractivity contribution in [1.29, 1.82) is 0 Å². The first-order valence-corrected chi connectivity index (χ1v) is 7.30. The van der Waals surface area contributed by atoms with E-state index in [0.29, 0.717) is 11.6 Å². The summed E-state index contributed by atoms with van der Waals surface area (Å²) < 4.78 is 7.07. The van der Waals surface area contributed by atoms with Crippen LogP contribution in [0.2, 0.25) is 0 Å². The van der Waals surface area contributed by atoms with Crippen molar-refractivity contribution in [3.63, 3.8) is 0 Å². The predicted octanol–water partition coefficient (Wildman–Crippen LogP) is 3.90. The van der Waals surface area contributed by atoms with Crippen LogP contribution in [0, 0.1) is 19.3 Å². The minimum absolute atomic E-state index is 0.209. The van der Waals surface area contributed by atoms with Crippen LogP contribution in [-0.2, 0) is 0 Å². The highest BCUT2D eigenvalue weighted by molar-refractivity contribution is 9.10. The summed E-state index contributed by atoms with van der Waals surface area (Å²) in [6, 6.07) is 4.13. The molecule has 1 saturated carbocycles. The van der Waals surface area contributed by atoms with E-state index >= 15 is 0 Å². The number of hydrogen-bond donors (Lipinski definition) is 1. The first-order chi connectivity index (χ1) is 8.42. The van der Waals surface area contributed by atoms with Crippen molar-refractivity contribution in [2.75, 3.05) is 6.61 Å². The lowest BCUT2D eigenvalue weighted by Gasteiger charge is -2.16. The van der Waals surface area contributed by atoms with E-state index in [1.807, 2.05) is 0 Å². The van der Waals surface area contributed by atoms with Gasteiger partial charge in [-0.1, -0.05) is 28.1 Å². The van der Waals surface area contributed by atoms with Crippen LogP contribution in [-0.4, -0.2) is 11.6 Å². The van der Waals surface area contributed by atoms with Gasteiger partial charge in [0.15, 0.2) is 0 Å². The number of ether oxygens (including phenoxy) is 1. The second-order valence-electron chi connectivity index (χ2n) is 5.30. The summed E-state index contributed by atoms with van der Waals surface area (Å²) in [5.41, 5.74) is 8.23. The average molecular weight is 328 g/mol. The van der Waals surface area contributed by atoms with Crippen LogP contribution < -0.4 is 10.5 Å². The standard InChI is InChI=1S/C14H18BrNOS/c1-9-5-11(6-10(2)13(9)15)17-8-14(3-4-14)7-12(16)18/h5-6H,3-4,7-8H2,1-2H3,(H2,16,18). The molecule has 2 nitrogen and oxygen atoms in total. The summed E-state index contributed by atoms with van der Waals surface area (Å²) in [7, 11) is 0. The van der Waals surface area contributed by atoms with Crippen molar-refractivity contribution < 1.29 is 4.74 Å². The fourth-order valence-electron chi connectivity index (χ4n) is 2.14. The molecule has 1 aliphatic rings. The molecule has 0 saturated heterocycles. The van der Waals surface area contributed by atoms with E-state index in [0.717, 1.165) is 16.6 Å². The molecule has 0 atom stereocenters. The van der Waals surface area contributed by atoms with Gasteiger partial charge in [0.05, 0.1) is 11.6 Å². The van der Waals surface area contributed by atoms with Crippen LogP contribution in [0.1, 0.15) is 30.4 Å². The van der Waals surface area contributed by atoms with Crippen molar-refractivity contribution in [3.05, 3.63) is 27.7 Å². The maximum atomic E-state index is 5.91. The van der Waals surface area contributed by atoms with Gasteiger partial charge in [0.2, 0.25) is 0 Å². The Kier molecular flexibility index (Phi) is 3.97. The second kappa shape index (κ2) is 5.17. The van der Waals surface area contributed by atoms with Gasteiger partial charge in [-0.3, -0.25) is 0 Å². The monoisotopic (exact) mass is 327 g/mol. The lowest BCUT2D eigenvalue weighted by atomic mass is 10.0. The summed E-state index contributed by atoms with van der Waals surface area (Å²) in [5, 5.41) is 0. The molecule has 98 valence electrons. The third-order valence-electron chi connectivity index (χ3n) is 3.46. The summed E-state index contributed by atoms with van der Waals surface area (Å²) >= 11 is 8.55. The molecule has 4 heteroatoms. The Morgan fingerprint density at radius 1 is 1.39 bits per heavy atom. The van der Waals surface area contributed by atoms with Gasteiger partial charge in [-0.05, 0) is 49.9 Å². The molecule has 0 radical (unpaired) electrons. The molecule has 2 N–H and O–H groups in total. The van der Waals surface area contributed by atoms with Crippen LogP contribution >= 0.6 is 28.1 Å². The van der Waals surface area contributed by atoms with Crippen LogP contribution in [0.4, 0.5) is 0 Å². The maximum Gasteiger partial charge on any atom is 0.119 e. The molecule has 0 aliphatic heterocycles. The maximum absolute atomic E-state index is 5.91. The van der Waals surface area contributed by atoms with Crippen molar-refractivity contribution in [1.82, 2.24) is 0 Å². The Morgan fingerprint density at radius 3 is 2.39 bits per heavy atom.